The van der Waals surface area contributed by atoms with Gasteiger partial charge in [-0.2, -0.15) is 0 Å². The highest BCUT2D eigenvalue weighted by molar-refractivity contribution is 6.46. The standard InChI is InChI=1S/C24H25NO6/c1-4-13-31-18-10-8-16(9-11-18)22(26)20-21(17-6-5-7-19(15-17)30-3)25(12-14-29-2)24(28)23(20)27/h4-11,15,21,26H,1,12-14H2,2-3H3. The van der Waals surface area contributed by atoms with Crippen molar-refractivity contribution in [3.8, 4) is 11.5 Å². The van der Waals surface area contributed by atoms with Crippen LogP contribution in [-0.4, -0.2) is 55.7 Å². The van der Waals surface area contributed by atoms with E-state index >= 15 is 0 Å². The summed E-state index contributed by atoms with van der Waals surface area (Å²) in [7, 11) is 3.06. The van der Waals surface area contributed by atoms with Gasteiger partial charge >= 0.3 is 0 Å². The highest BCUT2D eigenvalue weighted by Gasteiger charge is 2.45. The maximum Gasteiger partial charge on any atom is 0.295 e. The van der Waals surface area contributed by atoms with Crippen LogP contribution < -0.4 is 9.47 Å². The number of methoxy groups -OCH3 is 2. The number of hydrogen-bond acceptors (Lipinski definition) is 6. The largest absolute Gasteiger partial charge is 0.507 e. The zero-order chi connectivity index (χ0) is 22.4. The number of ketones is 1. The summed E-state index contributed by atoms with van der Waals surface area (Å²) in [6.45, 7) is 4.41. The molecule has 1 amide bonds. The molecule has 1 aliphatic rings. The fourth-order valence-corrected chi connectivity index (χ4v) is 3.48. The zero-order valence-corrected chi connectivity index (χ0v) is 17.5. The van der Waals surface area contributed by atoms with Crippen molar-refractivity contribution in [1.82, 2.24) is 4.90 Å². The molecule has 0 saturated carbocycles. The number of carbonyl (C=O) groups is 2. The lowest BCUT2D eigenvalue weighted by Crippen LogP contribution is -2.32. The Bertz CT molecular complexity index is 995. The van der Waals surface area contributed by atoms with Crippen LogP contribution in [0.4, 0.5) is 0 Å². The van der Waals surface area contributed by atoms with Gasteiger partial charge < -0.3 is 24.2 Å². The lowest BCUT2D eigenvalue weighted by atomic mass is 9.95. The maximum atomic E-state index is 12.9. The van der Waals surface area contributed by atoms with E-state index in [1.807, 2.05) is 0 Å². The van der Waals surface area contributed by atoms with Gasteiger partial charge in [0.1, 0.15) is 23.9 Å². The fraction of sp³-hybridized carbons (Fsp3) is 0.250. The summed E-state index contributed by atoms with van der Waals surface area (Å²) in [5, 5.41) is 11.0. The quantitative estimate of drug-likeness (QED) is 0.288. The number of aliphatic hydroxyl groups excluding tert-OH is 1. The third kappa shape index (κ3) is 4.62. The molecule has 1 heterocycles. The molecule has 1 unspecified atom stereocenters. The van der Waals surface area contributed by atoms with E-state index in [1.165, 1.54) is 19.1 Å². The van der Waals surface area contributed by atoms with Crippen LogP contribution in [0.15, 0.2) is 66.8 Å². The molecule has 1 aliphatic heterocycles. The molecule has 3 rings (SSSR count). The number of benzene rings is 2. The molecule has 1 atom stereocenters. The van der Waals surface area contributed by atoms with Crippen LogP contribution in [0.25, 0.3) is 5.76 Å². The molecule has 7 nitrogen and oxygen atoms in total. The van der Waals surface area contributed by atoms with E-state index in [2.05, 4.69) is 6.58 Å². The van der Waals surface area contributed by atoms with Crippen LogP contribution in [0.2, 0.25) is 0 Å². The fourth-order valence-electron chi connectivity index (χ4n) is 3.48. The molecule has 0 spiro atoms. The van der Waals surface area contributed by atoms with E-state index in [4.69, 9.17) is 14.2 Å². The van der Waals surface area contributed by atoms with Crippen molar-refractivity contribution in [3.63, 3.8) is 0 Å². The molecule has 31 heavy (non-hydrogen) atoms. The van der Waals surface area contributed by atoms with Crippen LogP contribution in [0.3, 0.4) is 0 Å². The number of Topliss-reactive ketones (excluding diaryl/α,β-unsaturated/α-hetero) is 1. The third-order valence-corrected chi connectivity index (χ3v) is 4.98. The second-order valence-corrected chi connectivity index (χ2v) is 6.89. The molecule has 1 saturated heterocycles. The topological polar surface area (TPSA) is 85.3 Å². The van der Waals surface area contributed by atoms with E-state index in [0.29, 0.717) is 29.2 Å². The number of carbonyl (C=O) groups excluding carboxylic acids is 2. The van der Waals surface area contributed by atoms with Gasteiger partial charge in [0.05, 0.1) is 25.3 Å². The number of nitrogens with zero attached hydrogens (tertiary/aromatic N) is 1. The van der Waals surface area contributed by atoms with E-state index < -0.39 is 17.7 Å². The summed E-state index contributed by atoms with van der Waals surface area (Å²) in [4.78, 5) is 27.1. The molecule has 2 aromatic rings. The van der Waals surface area contributed by atoms with E-state index in [-0.39, 0.29) is 24.5 Å². The number of aliphatic hydroxyl groups is 1. The van der Waals surface area contributed by atoms with Crippen LogP contribution in [0, 0.1) is 0 Å². The van der Waals surface area contributed by atoms with Crippen molar-refractivity contribution in [2.24, 2.45) is 0 Å². The Hall–Kier alpha value is -3.58. The minimum Gasteiger partial charge on any atom is -0.507 e. The van der Waals surface area contributed by atoms with E-state index in [1.54, 1.807) is 54.6 Å². The maximum absolute atomic E-state index is 12.9. The molecule has 1 N–H and O–H groups in total. The summed E-state index contributed by atoms with van der Waals surface area (Å²) in [5.74, 6) is -0.494. The first-order valence-electron chi connectivity index (χ1n) is 9.77. The van der Waals surface area contributed by atoms with E-state index in [9.17, 15) is 14.7 Å². The molecule has 162 valence electrons. The predicted octanol–water partition coefficient (Wildman–Crippen LogP) is 3.33. The normalized spacial score (nSPS) is 17.6. The predicted molar refractivity (Wildman–Crippen MR) is 116 cm³/mol. The van der Waals surface area contributed by atoms with Crippen LogP contribution in [0.5, 0.6) is 11.5 Å². The van der Waals surface area contributed by atoms with Gasteiger partial charge in [-0.1, -0.05) is 24.8 Å². The number of rotatable bonds is 9. The summed E-state index contributed by atoms with van der Waals surface area (Å²) in [5.41, 5.74) is 1.08. The molecule has 2 aromatic carbocycles. The third-order valence-electron chi connectivity index (χ3n) is 4.98. The average molecular weight is 423 g/mol. The second kappa shape index (κ2) is 9.95. The minimum absolute atomic E-state index is 0.0223. The number of ether oxygens (including phenoxy) is 3. The second-order valence-electron chi connectivity index (χ2n) is 6.89. The number of likely N-dealkylation sites (tertiary alicyclic amines) is 1. The Morgan fingerprint density at radius 2 is 1.87 bits per heavy atom. The molecule has 0 radical (unpaired) electrons. The first kappa shape index (κ1) is 22.1. The Balaban J connectivity index is 2.08. The molecular weight excluding hydrogens is 398 g/mol. The van der Waals surface area contributed by atoms with Gasteiger partial charge in [0.15, 0.2) is 0 Å². The van der Waals surface area contributed by atoms with Crippen molar-refractivity contribution in [1.29, 1.82) is 0 Å². The minimum atomic E-state index is -0.762. The molecule has 1 fully saturated rings. The summed E-state index contributed by atoms with van der Waals surface area (Å²) in [6, 6.07) is 13.0. The van der Waals surface area contributed by atoms with Gasteiger partial charge in [-0.05, 0) is 42.0 Å². The number of amides is 1. The van der Waals surface area contributed by atoms with Gasteiger partial charge in [0.2, 0.25) is 0 Å². The molecule has 0 bridgehead atoms. The Labute approximate surface area is 181 Å². The summed E-state index contributed by atoms with van der Waals surface area (Å²) in [6.07, 6.45) is 1.63. The molecule has 0 aromatic heterocycles. The lowest BCUT2D eigenvalue weighted by Gasteiger charge is -2.25. The Morgan fingerprint density at radius 3 is 2.52 bits per heavy atom. The Morgan fingerprint density at radius 1 is 1.13 bits per heavy atom. The van der Waals surface area contributed by atoms with Crippen molar-refractivity contribution < 1.29 is 28.9 Å². The van der Waals surface area contributed by atoms with Crippen molar-refractivity contribution in [2.45, 2.75) is 6.04 Å². The van der Waals surface area contributed by atoms with Crippen molar-refractivity contribution in [3.05, 3.63) is 77.9 Å². The van der Waals surface area contributed by atoms with Crippen LogP contribution in [0.1, 0.15) is 17.2 Å². The van der Waals surface area contributed by atoms with Gasteiger partial charge in [0, 0.05) is 19.2 Å². The van der Waals surface area contributed by atoms with Gasteiger partial charge in [-0.15, -0.1) is 0 Å². The lowest BCUT2D eigenvalue weighted by molar-refractivity contribution is -0.140. The first-order chi connectivity index (χ1) is 15.0. The zero-order valence-electron chi connectivity index (χ0n) is 17.5. The van der Waals surface area contributed by atoms with Gasteiger partial charge in [-0.25, -0.2) is 0 Å². The highest BCUT2D eigenvalue weighted by Crippen LogP contribution is 2.40. The Kier molecular flexibility index (Phi) is 7.10. The smallest absolute Gasteiger partial charge is 0.295 e. The molecule has 7 heteroatoms. The van der Waals surface area contributed by atoms with Crippen molar-refractivity contribution in [2.75, 3.05) is 34.0 Å². The van der Waals surface area contributed by atoms with Crippen molar-refractivity contribution >= 4 is 17.4 Å². The summed E-state index contributed by atoms with van der Waals surface area (Å²) < 4.78 is 15.9. The molecular formula is C24H25NO6. The van der Waals surface area contributed by atoms with Gasteiger partial charge in [-0.3, -0.25) is 9.59 Å². The number of hydrogen-bond donors (Lipinski definition) is 1. The van der Waals surface area contributed by atoms with Crippen LogP contribution >= 0.6 is 0 Å². The van der Waals surface area contributed by atoms with E-state index in [0.717, 1.165) is 0 Å². The monoisotopic (exact) mass is 423 g/mol. The van der Waals surface area contributed by atoms with Crippen LogP contribution in [-0.2, 0) is 14.3 Å². The first-order valence-corrected chi connectivity index (χ1v) is 9.77. The SMILES string of the molecule is C=CCOc1ccc(C(O)=C2C(=O)C(=O)N(CCOC)C2c2cccc(OC)c2)cc1. The highest BCUT2D eigenvalue weighted by atomic mass is 16.5. The summed E-state index contributed by atoms with van der Waals surface area (Å²) >= 11 is 0. The van der Waals surface area contributed by atoms with Gasteiger partial charge in [0.25, 0.3) is 11.7 Å². The molecule has 0 aliphatic carbocycles. The average Bonchev–Trinajstić information content (AvgIpc) is 3.06.